The van der Waals surface area contributed by atoms with Crippen LogP contribution in [0.3, 0.4) is 0 Å². The van der Waals surface area contributed by atoms with Gasteiger partial charge in [-0.15, -0.1) is 0 Å². The Balaban J connectivity index is 1.17. The van der Waals surface area contributed by atoms with Gasteiger partial charge in [-0.3, -0.25) is 9.69 Å². The highest BCUT2D eigenvalue weighted by molar-refractivity contribution is 5.97. The summed E-state index contributed by atoms with van der Waals surface area (Å²) in [5, 5.41) is 15.3. The van der Waals surface area contributed by atoms with Crippen LogP contribution in [0.25, 0.3) is 22.1 Å². The molecule has 2 aromatic carbocycles. The van der Waals surface area contributed by atoms with Gasteiger partial charge in [0.2, 0.25) is 0 Å². The van der Waals surface area contributed by atoms with E-state index in [0.717, 1.165) is 37.1 Å². The number of fused-ring (bicyclic) bond motifs is 2. The molecule has 3 heterocycles. The van der Waals surface area contributed by atoms with Crippen LogP contribution in [0.15, 0.2) is 45.7 Å². The molecule has 0 aliphatic carbocycles. The lowest BCUT2D eigenvalue weighted by molar-refractivity contribution is 0.0638. The summed E-state index contributed by atoms with van der Waals surface area (Å²) >= 11 is 0. The molecule has 0 saturated carbocycles. The average molecular weight is 378 g/mol. The number of carbonyl (C=O) groups is 1. The van der Waals surface area contributed by atoms with Crippen LogP contribution in [0.1, 0.15) is 15.9 Å². The van der Waals surface area contributed by atoms with Gasteiger partial charge in [0, 0.05) is 38.3 Å². The van der Waals surface area contributed by atoms with Crippen molar-refractivity contribution in [2.45, 2.75) is 6.42 Å². The molecule has 9 nitrogen and oxygen atoms in total. The predicted molar refractivity (Wildman–Crippen MR) is 99.7 cm³/mol. The van der Waals surface area contributed by atoms with Crippen LogP contribution in [-0.4, -0.2) is 69.1 Å². The van der Waals surface area contributed by atoms with E-state index < -0.39 is 0 Å². The van der Waals surface area contributed by atoms with Crippen molar-refractivity contribution in [3.63, 3.8) is 0 Å². The summed E-state index contributed by atoms with van der Waals surface area (Å²) in [6.45, 7) is 4.07. The monoisotopic (exact) mass is 378 g/mol. The van der Waals surface area contributed by atoms with Gasteiger partial charge in [-0.05, 0) is 62.9 Å². The standard InChI is InChI=1S/C19H18N6O3/c26-19(14-2-4-16-18(12-14)23-28-21-16)25-9-7-24(8-10-25)6-5-13-1-3-15-17(11-13)22-27-20-15/h1-4,11-12H,5-10H2. The van der Waals surface area contributed by atoms with E-state index >= 15 is 0 Å². The van der Waals surface area contributed by atoms with E-state index in [4.69, 9.17) is 9.26 Å². The van der Waals surface area contributed by atoms with Gasteiger partial charge in [-0.25, -0.2) is 9.26 Å². The van der Waals surface area contributed by atoms with E-state index in [0.29, 0.717) is 29.7 Å². The number of rotatable bonds is 4. The minimum atomic E-state index is 0.0218. The topological polar surface area (TPSA) is 101 Å². The number of hydrogen-bond donors (Lipinski definition) is 0. The summed E-state index contributed by atoms with van der Waals surface area (Å²) in [5.41, 5.74) is 4.63. The highest BCUT2D eigenvalue weighted by Gasteiger charge is 2.22. The fourth-order valence-electron chi connectivity index (χ4n) is 3.54. The first kappa shape index (κ1) is 16.8. The molecule has 0 N–H and O–H groups in total. The second kappa shape index (κ2) is 7.01. The number of nitrogens with zero attached hydrogens (tertiary/aromatic N) is 6. The highest BCUT2D eigenvalue weighted by Crippen LogP contribution is 2.16. The number of amides is 1. The third-order valence-electron chi connectivity index (χ3n) is 5.20. The van der Waals surface area contributed by atoms with E-state index in [1.807, 2.05) is 17.0 Å². The molecule has 142 valence electrons. The highest BCUT2D eigenvalue weighted by atomic mass is 16.6. The first-order valence-corrected chi connectivity index (χ1v) is 9.21. The summed E-state index contributed by atoms with van der Waals surface area (Å²) in [5.74, 6) is 0.0218. The summed E-state index contributed by atoms with van der Waals surface area (Å²) in [6.07, 6.45) is 0.923. The van der Waals surface area contributed by atoms with Gasteiger partial charge in [-0.2, -0.15) is 0 Å². The normalized spacial score (nSPS) is 15.5. The van der Waals surface area contributed by atoms with E-state index in [1.165, 1.54) is 5.56 Å². The Morgan fingerprint density at radius 1 is 0.821 bits per heavy atom. The summed E-state index contributed by atoms with van der Waals surface area (Å²) < 4.78 is 9.44. The zero-order valence-corrected chi connectivity index (χ0v) is 15.1. The van der Waals surface area contributed by atoms with Gasteiger partial charge in [0.1, 0.15) is 22.1 Å². The molecule has 1 amide bonds. The molecule has 0 spiro atoms. The third kappa shape index (κ3) is 3.20. The van der Waals surface area contributed by atoms with Gasteiger partial charge in [0.25, 0.3) is 5.91 Å². The van der Waals surface area contributed by atoms with Crippen molar-refractivity contribution in [3.05, 3.63) is 47.5 Å². The Hall–Kier alpha value is -3.33. The molecule has 0 unspecified atom stereocenters. The Bertz CT molecular complexity index is 1130. The third-order valence-corrected chi connectivity index (χ3v) is 5.20. The lowest BCUT2D eigenvalue weighted by Gasteiger charge is -2.34. The number of aromatic nitrogens is 4. The van der Waals surface area contributed by atoms with Crippen molar-refractivity contribution in [1.82, 2.24) is 30.4 Å². The van der Waals surface area contributed by atoms with E-state index in [9.17, 15) is 4.79 Å². The Morgan fingerprint density at radius 2 is 1.46 bits per heavy atom. The minimum absolute atomic E-state index is 0.0218. The predicted octanol–water partition coefficient (Wildman–Crippen LogP) is 1.76. The Kier molecular flexibility index (Phi) is 4.21. The molecule has 9 heteroatoms. The molecule has 1 saturated heterocycles. The summed E-state index contributed by atoms with van der Waals surface area (Å²) in [4.78, 5) is 17.0. The molecule has 0 bridgehead atoms. The second-order valence-electron chi connectivity index (χ2n) is 6.94. The number of hydrogen-bond acceptors (Lipinski definition) is 8. The van der Waals surface area contributed by atoms with Crippen molar-refractivity contribution >= 4 is 28.0 Å². The molecule has 2 aromatic heterocycles. The van der Waals surface area contributed by atoms with Crippen LogP contribution in [0.4, 0.5) is 0 Å². The van der Waals surface area contributed by atoms with E-state index in [1.54, 1.807) is 18.2 Å². The first-order chi connectivity index (χ1) is 13.8. The lowest BCUT2D eigenvalue weighted by Crippen LogP contribution is -2.49. The molecule has 0 radical (unpaired) electrons. The number of benzene rings is 2. The second-order valence-corrected chi connectivity index (χ2v) is 6.94. The Labute approximate surface area is 159 Å². The van der Waals surface area contributed by atoms with Crippen LogP contribution in [0.5, 0.6) is 0 Å². The molecular weight excluding hydrogens is 360 g/mol. The van der Waals surface area contributed by atoms with Crippen LogP contribution in [-0.2, 0) is 6.42 Å². The maximum absolute atomic E-state index is 12.8. The zero-order valence-electron chi connectivity index (χ0n) is 15.1. The molecule has 1 fully saturated rings. The van der Waals surface area contributed by atoms with Crippen LogP contribution in [0.2, 0.25) is 0 Å². The van der Waals surface area contributed by atoms with Crippen molar-refractivity contribution in [1.29, 1.82) is 0 Å². The van der Waals surface area contributed by atoms with Crippen LogP contribution >= 0.6 is 0 Å². The van der Waals surface area contributed by atoms with Crippen LogP contribution in [0, 0.1) is 0 Å². The first-order valence-electron chi connectivity index (χ1n) is 9.21. The van der Waals surface area contributed by atoms with Crippen molar-refractivity contribution in [2.75, 3.05) is 32.7 Å². The van der Waals surface area contributed by atoms with Gasteiger partial charge in [0.05, 0.1) is 0 Å². The fraction of sp³-hybridized carbons (Fsp3) is 0.316. The van der Waals surface area contributed by atoms with Crippen molar-refractivity contribution < 1.29 is 14.1 Å². The Morgan fingerprint density at radius 3 is 2.21 bits per heavy atom. The van der Waals surface area contributed by atoms with Gasteiger partial charge in [-0.1, -0.05) is 6.07 Å². The zero-order chi connectivity index (χ0) is 18.9. The number of piperazine rings is 1. The maximum Gasteiger partial charge on any atom is 0.254 e. The largest absolute Gasteiger partial charge is 0.336 e. The smallest absolute Gasteiger partial charge is 0.254 e. The molecule has 4 aromatic rings. The minimum Gasteiger partial charge on any atom is -0.336 e. The van der Waals surface area contributed by atoms with E-state index in [2.05, 4.69) is 31.6 Å². The van der Waals surface area contributed by atoms with Gasteiger partial charge in [0.15, 0.2) is 0 Å². The number of carbonyl (C=O) groups excluding carboxylic acids is 1. The molecular formula is C19H18N6O3. The van der Waals surface area contributed by atoms with E-state index in [-0.39, 0.29) is 5.91 Å². The van der Waals surface area contributed by atoms with Gasteiger partial charge < -0.3 is 4.90 Å². The van der Waals surface area contributed by atoms with Crippen molar-refractivity contribution in [2.24, 2.45) is 0 Å². The SMILES string of the molecule is O=C(c1ccc2nonc2c1)N1CCN(CCc2ccc3nonc3c2)CC1. The molecule has 1 aliphatic heterocycles. The fourth-order valence-corrected chi connectivity index (χ4v) is 3.54. The molecule has 5 rings (SSSR count). The lowest BCUT2D eigenvalue weighted by atomic mass is 10.1. The van der Waals surface area contributed by atoms with Crippen LogP contribution < -0.4 is 0 Å². The molecule has 0 atom stereocenters. The summed E-state index contributed by atoms with van der Waals surface area (Å²) in [6, 6.07) is 11.3. The average Bonchev–Trinajstić information content (AvgIpc) is 3.40. The molecule has 28 heavy (non-hydrogen) atoms. The van der Waals surface area contributed by atoms with Gasteiger partial charge >= 0.3 is 0 Å². The van der Waals surface area contributed by atoms with Crippen molar-refractivity contribution in [3.8, 4) is 0 Å². The summed E-state index contributed by atoms with van der Waals surface area (Å²) in [7, 11) is 0. The quantitative estimate of drug-likeness (QED) is 0.529. The molecule has 1 aliphatic rings. The maximum atomic E-state index is 12.8.